The second-order valence-electron chi connectivity index (χ2n) is 7.15. The minimum absolute atomic E-state index is 0.0932. The molecule has 1 heterocycles. The van der Waals surface area contributed by atoms with Crippen LogP contribution in [0.2, 0.25) is 0 Å². The lowest BCUT2D eigenvalue weighted by Crippen LogP contribution is -2.41. The molecule has 1 aliphatic carbocycles. The van der Waals surface area contributed by atoms with Crippen LogP contribution in [0.5, 0.6) is 0 Å². The Balaban J connectivity index is 1.33. The van der Waals surface area contributed by atoms with Gasteiger partial charge >= 0.3 is 6.03 Å². The van der Waals surface area contributed by atoms with E-state index in [2.05, 4.69) is 53.8 Å². The smallest absolute Gasteiger partial charge is 0.317 e. The van der Waals surface area contributed by atoms with E-state index in [0.717, 1.165) is 26.1 Å². The Morgan fingerprint density at radius 1 is 1.04 bits per heavy atom. The molecule has 0 spiro atoms. The van der Waals surface area contributed by atoms with Gasteiger partial charge in [0.2, 0.25) is 0 Å². The van der Waals surface area contributed by atoms with Crippen molar-refractivity contribution in [3.05, 3.63) is 71.8 Å². The lowest BCUT2D eigenvalue weighted by atomic mass is 9.96. The summed E-state index contributed by atoms with van der Waals surface area (Å²) in [7, 11) is 0. The van der Waals surface area contributed by atoms with Crippen LogP contribution in [-0.2, 0) is 5.41 Å². The topological polar surface area (TPSA) is 32.3 Å². The fraction of sp³-hybridized carbons (Fsp3) is 0.381. The summed E-state index contributed by atoms with van der Waals surface area (Å²) in [5.74, 6) is 0.473. The lowest BCUT2D eigenvalue weighted by molar-refractivity contribution is 0.207. The van der Waals surface area contributed by atoms with E-state index in [1.807, 2.05) is 17.0 Å². The van der Waals surface area contributed by atoms with Crippen molar-refractivity contribution < 1.29 is 4.79 Å². The van der Waals surface area contributed by atoms with E-state index in [4.69, 9.17) is 0 Å². The molecule has 1 unspecified atom stereocenters. The molecule has 3 nitrogen and oxygen atoms in total. The molecule has 2 fully saturated rings. The van der Waals surface area contributed by atoms with Crippen molar-refractivity contribution in [2.45, 2.75) is 30.6 Å². The third-order valence-electron chi connectivity index (χ3n) is 5.56. The van der Waals surface area contributed by atoms with Gasteiger partial charge in [0.25, 0.3) is 0 Å². The molecule has 0 bridgehead atoms. The number of rotatable bonds is 4. The van der Waals surface area contributed by atoms with Gasteiger partial charge in [-0.05, 0) is 30.4 Å². The maximum Gasteiger partial charge on any atom is 0.317 e. The highest BCUT2D eigenvalue weighted by atomic mass is 16.2. The summed E-state index contributed by atoms with van der Waals surface area (Å²) in [6.07, 6.45) is 3.40. The average molecular weight is 320 g/mol. The maximum atomic E-state index is 12.5. The number of nitrogens with one attached hydrogen (secondary N) is 1. The number of hydrogen-bond acceptors (Lipinski definition) is 1. The third kappa shape index (κ3) is 3.03. The molecule has 1 aliphatic heterocycles. The van der Waals surface area contributed by atoms with E-state index in [1.165, 1.54) is 24.0 Å². The molecule has 2 aliphatic rings. The first-order chi connectivity index (χ1) is 11.8. The summed E-state index contributed by atoms with van der Waals surface area (Å²) in [6.45, 7) is 2.43. The molecule has 3 heteroatoms. The van der Waals surface area contributed by atoms with E-state index in [-0.39, 0.29) is 11.4 Å². The largest absolute Gasteiger partial charge is 0.337 e. The van der Waals surface area contributed by atoms with Crippen molar-refractivity contribution in [3.63, 3.8) is 0 Å². The highest BCUT2D eigenvalue weighted by molar-refractivity contribution is 5.75. The predicted octanol–water partition coefficient (Wildman–Crippen LogP) is 3.92. The molecule has 0 radical (unpaired) electrons. The number of amides is 2. The molecule has 2 amide bonds. The Hall–Kier alpha value is -2.29. The molecule has 124 valence electrons. The van der Waals surface area contributed by atoms with Crippen LogP contribution in [0.25, 0.3) is 0 Å². The zero-order chi connectivity index (χ0) is 16.4. The van der Waals surface area contributed by atoms with Crippen molar-refractivity contribution >= 4 is 6.03 Å². The molecule has 2 aromatic carbocycles. The zero-order valence-electron chi connectivity index (χ0n) is 13.9. The number of likely N-dealkylation sites (tertiary alicyclic amines) is 1. The first-order valence-corrected chi connectivity index (χ1v) is 8.90. The summed E-state index contributed by atoms with van der Waals surface area (Å²) < 4.78 is 0. The fourth-order valence-corrected chi connectivity index (χ4v) is 3.81. The minimum Gasteiger partial charge on any atom is -0.337 e. The van der Waals surface area contributed by atoms with Gasteiger partial charge in [-0.25, -0.2) is 4.79 Å². The van der Waals surface area contributed by atoms with E-state index < -0.39 is 0 Å². The molecule has 1 atom stereocenters. The van der Waals surface area contributed by atoms with Gasteiger partial charge in [0.05, 0.1) is 0 Å². The summed E-state index contributed by atoms with van der Waals surface area (Å²) in [5, 5.41) is 3.18. The van der Waals surface area contributed by atoms with Gasteiger partial charge in [0.1, 0.15) is 0 Å². The van der Waals surface area contributed by atoms with Crippen LogP contribution in [0.15, 0.2) is 60.7 Å². The molecular weight excluding hydrogens is 296 g/mol. The van der Waals surface area contributed by atoms with Crippen LogP contribution in [0.1, 0.15) is 36.3 Å². The minimum atomic E-state index is 0.0932. The Morgan fingerprint density at radius 3 is 2.38 bits per heavy atom. The molecular formula is C21H24N2O. The SMILES string of the molecule is O=C(NCC1(c2ccccc2)CC1)N1CCC(c2ccccc2)C1. The number of benzene rings is 2. The zero-order valence-corrected chi connectivity index (χ0v) is 13.9. The summed E-state index contributed by atoms with van der Waals surface area (Å²) in [6, 6.07) is 21.2. The first-order valence-electron chi connectivity index (χ1n) is 8.90. The quantitative estimate of drug-likeness (QED) is 0.910. The van der Waals surface area contributed by atoms with Crippen LogP contribution in [0.3, 0.4) is 0 Å². The molecule has 4 rings (SSSR count). The lowest BCUT2D eigenvalue weighted by Gasteiger charge is -2.21. The van der Waals surface area contributed by atoms with Crippen molar-refractivity contribution in [1.29, 1.82) is 0 Å². The van der Waals surface area contributed by atoms with Crippen molar-refractivity contribution in [3.8, 4) is 0 Å². The first kappa shape index (κ1) is 15.3. The average Bonchev–Trinajstić information content (AvgIpc) is 3.28. The van der Waals surface area contributed by atoms with Crippen molar-refractivity contribution in [2.75, 3.05) is 19.6 Å². The Kier molecular flexibility index (Phi) is 4.01. The number of carbonyl (C=O) groups is 1. The number of hydrogen-bond donors (Lipinski definition) is 1. The molecule has 1 saturated carbocycles. The number of nitrogens with zero attached hydrogens (tertiary/aromatic N) is 1. The molecule has 2 aromatic rings. The predicted molar refractivity (Wildman–Crippen MR) is 96.1 cm³/mol. The highest BCUT2D eigenvalue weighted by Gasteiger charge is 2.44. The molecule has 0 aromatic heterocycles. The second-order valence-corrected chi connectivity index (χ2v) is 7.15. The summed E-state index contributed by atoms with van der Waals surface area (Å²) in [4.78, 5) is 14.5. The van der Waals surface area contributed by atoms with Crippen molar-refractivity contribution in [1.82, 2.24) is 10.2 Å². The van der Waals surface area contributed by atoms with Gasteiger partial charge in [0.15, 0.2) is 0 Å². The maximum absolute atomic E-state index is 12.5. The van der Waals surface area contributed by atoms with Gasteiger partial charge in [-0.2, -0.15) is 0 Å². The summed E-state index contributed by atoms with van der Waals surface area (Å²) in [5.41, 5.74) is 2.87. The Bertz CT molecular complexity index is 694. The van der Waals surface area contributed by atoms with Crippen LogP contribution >= 0.6 is 0 Å². The fourth-order valence-electron chi connectivity index (χ4n) is 3.81. The Morgan fingerprint density at radius 2 is 1.71 bits per heavy atom. The third-order valence-corrected chi connectivity index (χ3v) is 5.56. The van der Waals surface area contributed by atoms with Gasteiger partial charge in [-0.15, -0.1) is 0 Å². The number of urea groups is 1. The van der Waals surface area contributed by atoms with E-state index in [0.29, 0.717) is 5.92 Å². The Labute approximate surface area is 143 Å². The van der Waals surface area contributed by atoms with Gasteiger partial charge in [0, 0.05) is 31.0 Å². The van der Waals surface area contributed by atoms with E-state index >= 15 is 0 Å². The number of carbonyl (C=O) groups excluding carboxylic acids is 1. The van der Waals surface area contributed by atoms with Crippen LogP contribution < -0.4 is 5.32 Å². The highest BCUT2D eigenvalue weighted by Crippen LogP contribution is 2.47. The van der Waals surface area contributed by atoms with Crippen LogP contribution in [0.4, 0.5) is 4.79 Å². The normalized spacial score (nSPS) is 21.5. The van der Waals surface area contributed by atoms with Gasteiger partial charge in [-0.3, -0.25) is 0 Å². The van der Waals surface area contributed by atoms with E-state index in [9.17, 15) is 4.79 Å². The monoisotopic (exact) mass is 320 g/mol. The second kappa shape index (κ2) is 6.31. The van der Waals surface area contributed by atoms with Gasteiger partial charge < -0.3 is 10.2 Å². The standard InChI is InChI=1S/C21H24N2O/c24-20(22-16-21(12-13-21)19-9-5-2-6-10-19)23-14-11-18(15-23)17-7-3-1-4-8-17/h1-10,18H,11-16H2,(H,22,24). The van der Waals surface area contributed by atoms with Gasteiger partial charge in [-0.1, -0.05) is 60.7 Å². The molecule has 1 saturated heterocycles. The van der Waals surface area contributed by atoms with Crippen molar-refractivity contribution in [2.24, 2.45) is 0 Å². The molecule has 1 N–H and O–H groups in total. The van der Waals surface area contributed by atoms with Crippen LogP contribution in [-0.4, -0.2) is 30.6 Å². The van der Waals surface area contributed by atoms with E-state index in [1.54, 1.807) is 0 Å². The van der Waals surface area contributed by atoms with Crippen LogP contribution in [0, 0.1) is 0 Å². The molecule has 24 heavy (non-hydrogen) atoms. The summed E-state index contributed by atoms with van der Waals surface area (Å²) >= 11 is 0.